The molecule has 1 aromatic heterocycles. The van der Waals surface area contributed by atoms with Crippen LogP contribution < -0.4 is 0 Å². The molecule has 0 amide bonds. The van der Waals surface area contributed by atoms with Gasteiger partial charge in [0.1, 0.15) is 0 Å². The molecule has 0 radical (unpaired) electrons. The van der Waals surface area contributed by atoms with Crippen LogP contribution in [-0.2, 0) is 6.54 Å². The first-order valence-corrected chi connectivity index (χ1v) is 3.93. The van der Waals surface area contributed by atoms with Crippen LogP contribution >= 0.6 is 0 Å². The molecule has 1 aromatic carbocycles. The lowest BCUT2D eigenvalue weighted by Crippen LogP contribution is -1.93. The molecular weight excluding hydrogens is 148 g/mol. The first kappa shape index (κ1) is 7.10. The summed E-state index contributed by atoms with van der Waals surface area (Å²) in [6.07, 6.45) is 3.86. The fourth-order valence-corrected chi connectivity index (χ4v) is 1.24. The number of aromatic nitrogens is 2. The molecule has 2 nitrogen and oxygen atoms in total. The third-order valence-electron chi connectivity index (χ3n) is 1.78. The summed E-state index contributed by atoms with van der Waals surface area (Å²) in [5, 5.41) is 5.53. The third-order valence-corrected chi connectivity index (χ3v) is 1.78. The lowest BCUT2D eigenvalue weighted by Gasteiger charge is -1.90. The van der Waals surface area contributed by atoms with Crippen molar-refractivity contribution < 1.29 is 0 Å². The number of hydrogen-bond donors (Lipinski definition) is 0. The van der Waals surface area contributed by atoms with Crippen LogP contribution in [0.3, 0.4) is 0 Å². The largest absolute Gasteiger partial charge is 0.268 e. The summed E-state index contributed by atoms with van der Waals surface area (Å²) < 4.78 is 1.89. The maximum Gasteiger partial charge on any atom is 0.0923 e. The summed E-state index contributed by atoms with van der Waals surface area (Å²) in [6, 6.07) is 8.08. The minimum Gasteiger partial charge on any atom is -0.268 e. The number of benzene rings is 1. The van der Waals surface area contributed by atoms with Crippen molar-refractivity contribution in [2.45, 2.75) is 6.54 Å². The van der Waals surface area contributed by atoms with Crippen molar-refractivity contribution in [1.82, 2.24) is 9.78 Å². The van der Waals surface area contributed by atoms with Gasteiger partial charge in [-0.2, -0.15) is 5.10 Å². The predicted octanol–water partition coefficient (Wildman–Crippen LogP) is 2.22. The van der Waals surface area contributed by atoms with Crippen LogP contribution in [0.4, 0.5) is 0 Å². The smallest absolute Gasteiger partial charge is 0.0923 e. The van der Waals surface area contributed by atoms with Gasteiger partial charge in [0.2, 0.25) is 0 Å². The van der Waals surface area contributed by atoms with Gasteiger partial charge < -0.3 is 0 Å². The van der Waals surface area contributed by atoms with Crippen molar-refractivity contribution in [3.05, 3.63) is 43.1 Å². The second kappa shape index (κ2) is 2.81. The highest BCUT2D eigenvalue weighted by Crippen LogP contribution is 2.10. The summed E-state index contributed by atoms with van der Waals surface area (Å²) in [5.74, 6) is 0. The molecule has 0 aliphatic heterocycles. The van der Waals surface area contributed by atoms with E-state index in [9.17, 15) is 0 Å². The van der Waals surface area contributed by atoms with E-state index in [1.807, 2.05) is 35.2 Å². The zero-order valence-electron chi connectivity index (χ0n) is 6.77. The van der Waals surface area contributed by atoms with Crippen molar-refractivity contribution in [3.63, 3.8) is 0 Å². The lowest BCUT2D eigenvalue weighted by molar-refractivity contribution is 0.712. The zero-order valence-corrected chi connectivity index (χ0v) is 6.77. The van der Waals surface area contributed by atoms with Crippen molar-refractivity contribution in [3.8, 4) is 0 Å². The lowest BCUT2D eigenvalue weighted by atomic mass is 10.3. The zero-order chi connectivity index (χ0) is 8.39. The van der Waals surface area contributed by atoms with Crippen LogP contribution in [0.25, 0.3) is 10.9 Å². The Morgan fingerprint density at radius 2 is 2.25 bits per heavy atom. The van der Waals surface area contributed by atoms with E-state index in [0.717, 1.165) is 12.1 Å². The summed E-state index contributed by atoms with van der Waals surface area (Å²) in [7, 11) is 0. The first-order chi connectivity index (χ1) is 5.90. The van der Waals surface area contributed by atoms with E-state index in [0.29, 0.717) is 0 Å². The van der Waals surface area contributed by atoms with Gasteiger partial charge in [0.25, 0.3) is 0 Å². The SMILES string of the molecule is C=CCn1cc2ccccc2n1. The average molecular weight is 158 g/mol. The van der Waals surface area contributed by atoms with E-state index in [2.05, 4.69) is 17.7 Å². The maximum atomic E-state index is 4.35. The Labute approximate surface area is 71.1 Å². The highest BCUT2D eigenvalue weighted by Gasteiger charge is 1.95. The first-order valence-electron chi connectivity index (χ1n) is 3.93. The minimum absolute atomic E-state index is 0.773. The molecule has 60 valence electrons. The van der Waals surface area contributed by atoms with Gasteiger partial charge in [0, 0.05) is 11.6 Å². The van der Waals surface area contributed by atoms with Crippen LogP contribution in [-0.4, -0.2) is 9.78 Å². The quantitative estimate of drug-likeness (QED) is 0.613. The Morgan fingerprint density at radius 3 is 3.00 bits per heavy atom. The summed E-state index contributed by atoms with van der Waals surface area (Å²) in [6.45, 7) is 4.44. The van der Waals surface area contributed by atoms with Crippen molar-refractivity contribution in [2.24, 2.45) is 0 Å². The molecule has 1 heterocycles. The van der Waals surface area contributed by atoms with Gasteiger partial charge >= 0.3 is 0 Å². The molecule has 0 saturated heterocycles. The van der Waals surface area contributed by atoms with E-state index < -0.39 is 0 Å². The minimum atomic E-state index is 0.773. The Bertz CT molecular complexity index is 368. The number of fused-ring (bicyclic) bond motifs is 1. The van der Waals surface area contributed by atoms with Gasteiger partial charge in [-0.15, -0.1) is 6.58 Å². The van der Waals surface area contributed by atoms with Gasteiger partial charge in [0.05, 0.1) is 12.1 Å². The average Bonchev–Trinajstić information content (AvgIpc) is 2.47. The Kier molecular flexibility index (Phi) is 1.67. The second-order valence-corrected chi connectivity index (χ2v) is 2.70. The van der Waals surface area contributed by atoms with Gasteiger partial charge in [-0.25, -0.2) is 0 Å². The molecule has 0 atom stereocenters. The van der Waals surface area contributed by atoms with Crippen molar-refractivity contribution in [2.75, 3.05) is 0 Å². The molecule has 12 heavy (non-hydrogen) atoms. The van der Waals surface area contributed by atoms with E-state index in [1.165, 1.54) is 5.39 Å². The molecular formula is C10H10N2. The number of rotatable bonds is 2. The van der Waals surface area contributed by atoms with Crippen LogP contribution in [0.1, 0.15) is 0 Å². The third kappa shape index (κ3) is 1.11. The monoisotopic (exact) mass is 158 g/mol. The maximum absolute atomic E-state index is 4.35. The molecule has 0 unspecified atom stereocenters. The molecule has 0 spiro atoms. The molecule has 0 saturated carbocycles. The predicted molar refractivity (Wildman–Crippen MR) is 49.9 cm³/mol. The molecule has 2 rings (SSSR count). The molecule has 0 bridgehead atoms. The van der Waals surface area contributed by atoms with Crippen molar-refractivity contribution >= 4 is 10.9 Å². The van der Waals surface area contributed by atoms with Gasteiger partial charge in [0.15, 0.2) is 0 Å². The Balaban J connectivity index is 2.54. The summed E-state index contributed by atoms with van der Waals surface area (Å²) >= 11 is 0. The summed E-state index contributed by atoms with van der Waals surface area (Å²) in [5.41, 5.74) is 1.04. The Morgan fingerprint density at radius 1 is 1.42 bits per heavy atom. The van der Waals surface area contributed by atoms with E-state index >= 15 is 0 Å². The van der Waals surface area contributed by atoms with Crippen LogP contribution in [0.15, 0.2) is 43.1 Å². The molecule has 2 aromatic rings. The fraction of sp³-hybridized carbons (Fsp3) is 0.100. The number of hydrogen-bond acceptors (Lipinski definition) is 1. The standard InChI is InChI=1S/C10H10N2/c1-2-7-12-8-9-5-3-4-6-10(9)11-12/h2-6,8H,1,7H2. The summed E-state index contributed by atoms with van der Waals surface area (Å²) in [4.78, 5) is 0. The van der Waals surface area contributed by atoms with E-state index in [1.54, 1.807) is 0 Å². The molecule has 0 aliphatic rings. The van der Waals surface area contributed by atoms with Crippen LogP contribution in [0.2, 0.25) is 0 Å². The normalized spacial score (nSPS) is 10.3. The highest BCUT2D eigenvalue weighted by atomic mass is 15.3. The Hall–Kier alpha value is -1.57. The molecule has 2 heteroatoms. The number of allylic oxidation sites excluding steroid dienone is 1. The molecule has 0 N–H and O–H groups in total. The second-order valence-electron chi connectivity index (χ2n) is 2.70. The van der Waals surface area contributed by atoms with Crippen LogP contribution in [0.5, 0.6) is 0 Å². The molecule has 0 aliphatic carbocycles. The topological polar surface area (TPSA) is 17.8 Å². The number of nitrogens with zero attached hydrogens (tertiary/aromatic N) is 2. The van der Waals surface area contributed by atoms with Gasteiger partial charge in [-0.05, 0) is 6.07 Å². The van der Waals surface area contributed by atoms with E-state index in [-0.39, 0.29) is 0 Å². The van der Waals surface area contributed by atoms with E-state index in [4.69, 9.17) is 0 Å². The fourth-order valence-electron chi connectivity index (χ4n) is 1.24. The van der Waals surface area contributed by atoms with Gasteiger partial charge in [-0.3, -0.25) is 4.68 Å². The van der Waals surface area contributed by atoms with Gasteiger partial charge in [-0.1, -0.05) is 24.3 Å². The van der Waals surface area contributed by atoms with Crippen LogP contribution in [0, 0.1) is 0 Å². The molecule has 0 fully saturated rings. The van der Waals surface area contributed by atoms with Crippen molar-refractivity contribution in [1.29, 1.82) is 0 Å². The highest BCUT2D eigenvalue weighted by molar-refractivity contribution is 5.77.